The number of nitrogens with zero attached hydrogens (tertiary/aromatic N) is 3. The molecule has 2 aliphatic rings. The molecule has 1 aromatic heterocycles. The van der Waals surface area contributed by atoms with Crippen molar-refractivity contribution in [2.24, 2.45) is 0 Å². The molecule has 1 fully saturated rings. The number of para-hydroxylation sites is 2. The number of ether oxygens (including phenoxy) is 2. The number of likely N-dealkylation sites (N-methyl/N-ethyl adjacent to an activating group) is 1. The first-order valence-corrected chi connectivity index (χ1v) is 9.26. The van der Waals surface area contributed by atoms with E-state index in [1.807, 2.05) is 24.3 Å². The van der Waals surface area contributed by atoms with Gasteiger partial charge in [-0.2, -0.15) is 0 Å². The molecule has 1 aliphatic heterocycles. The number of hydrogen-bond acceptors (Lipinski definition) is 7. The van der Waals surface area contributed by atoms with Gasteiger partial charge in [-0.1, -0.05) is 23.9 Å². The number of rotatable bonds is 6. The van der Waals surface area contributed by atoms with E-state index in [4.69, 9.17) is 13.9 Å². The highest BCUT2D eigenvalue weighted by molar-refractivity contribution is 7.99. The number of carbonyl (C=O) groups is 1. The summed E-state index contributed by atoms with van der Waals surface area (Å²) in [7, 11) is 1.76. The van der Waals surface area contributed by atoms with Gasteiger partial charge in [0.2, 0.25) is 11.8 Å². The summed E-state index contributed by atoms with van der Waals surface area (Å²) in [5, 5.41) is 8.45. The summed E-state index contributed by atoms with van der Waals surface area (Å²) in [5.41, 5.74) is 0. The number of hydrogen-bond donors (Lipinski definition) is 0. The molecule has 132 valence electrons. The third kappa shape index (κ3) is 3.89. The number of aromatic nitrogens is 2. The maximum absolute atomic E-state index is 12.3. The fourth-order valence-electron chi connectivity index (χ4n) is 2.57. The van der Waals surface area contributed by atoms with Gasteiger partial charge in [-0.15, -0.1) is 10.2 Å². The first kappa shape index (κ1) is 16.3. The molecule has 1 saturated carbocycles. The predicted octanol–water partition coefficient (Wildman–Crippen LogP) is 2.34. The molecular formula is C17H19N3O4S. The average Bonchev–Trinajstić information content (AvgIpc) is 3.38. The van der Waals surface area contributed by atoms with Crippen molar-refractivity contribution < 1.29 is 18.7 Å². The number of benzene rings is 1. The summed E-state index contributed by atoms with van der Waals surface area (Å²) < 4.78 is 17.1. The van der Waals surface area contributed by atoms with Gasteiger partial charge < -0.3 is 18.8 Å². The SMILES string of the molecule is CN(C[C@@H]1COc2ccccc2O1)C(=O)CSc1nnc(C2CC2)o1. The van der Waals surface area contributed by atoms with E-state index in [9.17, 15) is 4.79 Å². The van der Waals surface area contributed by atoms with Gasteiger partial charge in [0, 0.05) is 13.0 Å². The van der Waals surface area contributed by atoms with Crippen LogP contribution >= 0.6 is 11.8 Å². The first-order chi connectivity index (χ1) is 12.2. The highest BCUT2D eigenvalue weighted by Gasteiger charge is 2.29. The van der Waals surface area contributed by atoms with Crippen LogP contribution in [-0.2, 0) is 4.79 Å². The Bertz CT molecular complexity index is 762. The molecule has 1 atom stereocenters. The van der Waals surface area contributed by atoms with Crippen LogP contribution in [-0.4, -0.2) is 53.1 Å². The molecule has 0 N–H and O–H groups in total. The van der Waals surface area contributed by atoms with Crippen molar-refractivity contribution in [3.8, 4) is 11.5 Å². The summed E-state index contributed by atoms with van der Waals surface area (Å²) in [6.07, 6.45) is 2.04. The van der Waals surface area contributed by atoms with Crippen molar-refractivity contribution in [1.29, 1.82) is 0 Å². The van der Waals surface area contributed by atoms with Crippen molar-refractivity contribution in [3.63, 3.8) is 0 Å². The highest BCUT2D eigenvalue weighted by atomic mass is 32.2. The normalized spacial score (nSPS) is 18.8. The lowest BCUT2D eigenvalue weighted by atomic mass is 10.2. The topological polar surface area (TPSA) is 77.7 Å². The van der Waals surface area contributed by atoms with Gasteiger partial charge in [0.05, 0.1) is 12.3 Å². The molecule has 4 rings (SSSR count). The van der Waals surface area contributed by atoms with E-state index in [1.165, 1.54) is 11.8 Å². The van der Waals surface area contributed by atoms with E-state index in [1.54, 1.807) is 11.9 Å². The van der Waals surface area contributed by atoms with E-state index in [2.05, 4.69) is 10.2 Å². The number of amides is 1. The molecule has 25 heavy (non-hydrogen) atoms. The Morgan fingerprint density at radius 3 is 2.88 bits per heavy atom. The third-order valence-electron chi connectivity index (χ3n) is 4.14. The number of carbonyl (C=O) groups excluding carboxylic acids is 1. The average molecular weight is 361 g/mol. The molecule has 1 aromatic carbocycles. The van der Waals surface area contributed by atoms with Gasteiger partial charge in [0.1, 0.15) is 6.61 Å². The minimum Gasteiger partial charge on any atom is -0.486 e. The fourth-order valence-corrected chi connectivity index (χ4v) is 3.28. The minimum absolute atomic E-state index is 0.0152. The van der Waals surface area contributed by atoms with Crippen molar-refractivity contribution >= 4 is 17.7 Å². The second kappa shape index (κ2) is 6.95. The van der Waals surface area contributed by atoms with Crippen molar-refractivity contribution in [2.75, 3.05) is 26.0 Å². The van der Waals surface area contributed by atoms with Crippen LogP contribution in [0.4, 0.5) is 0 Å². The van der Waals surface area contributed by atoms with Gasteiger partial charge in [0.15, 0.2) is 17.6 Å². The summed E-state index contributed by atoms with van der Waals surface area (Å²) in [6, 6.07) is 7.54. The minimum atomic E-state index is -0.182. The van der Waals surface area contributed by atoms with Crippen molar-refractivity contribution in [2.45, 2.75) is 30.1 Å². The molecule has 8 heteroatoms. The molecule has 0 radical (unpaired) electrons. The van der Waals surface area contributed by atoms with Crippen LogP contribution in [0.25, 0.3) is 0 Å². The lowest BCUT2D eigenvalue weighted by molar-refractivity contribution is -0.128. The van der Waals surface area contributed by atoms with Crippen LogP contribution in [0.15, 0.2) is 33.9 Å². The predicted molar refractivity (Wildman–Crippen MR) is 91.0 cm³/mol. The maximum Gasteiger partial charge on any atom is 0.277 e. The largest absolute Gasteiger partial charge is 0.486 e. The summed E-state index contributed by atoms with van der Waals surface area (Å²) >= 11 is 1.27. The number of fused-ring (bicyclic) bond motifs is 1. The lowest BCUT2D eigenvalue weighted by Crippen LogP contribution is -2.42. The third-order valence-corrected chi connectivity index (χ3v) is 4.94. The van der Waals surface area contributed by atoms with E-state index in [0.717, 1.165) is 18.6 Å². The molecule has 0 saturated heterocycles. The fraction of sp³-hybridized carbons (Fsp3) is 0.471. The molecular weight excluding hydrogens is 342 g/mol. The summed E-state index contributed by atoms with van der Waals surface area (Å²) in [4.78, 5) is 14.0. The molecule has 1 amide bonds. The van der Waals surface area contributed by atoms with E-state index >= 15 is 0 Å². The molecule has 1 aliphatic carbocycles. The van der Waals surface area contributed by atoms with Gasteiger partial charge in [0.25, 0.3) is 5.22 Å². The van der Waals surface area contributed by atoms with E-state index in [0.29, 0.717) is 35.9 Å². The highest BCUT2D eigenvalue weighted by Crippen LogP contribution is 2.39. The van der Waals surface area contributed by atoms with Gasteiger partial charge in [-0.3, -0.25) is 4.79 Å². The smallest absolute Gasteiger partial charge is 0.277 e. The molecule has 7 nitrogen and oxygen atoms in total. The Labute approximate surface area is 149 Å². The zero-order valence-electron chi connectivity index (χ0n) is 13.9. The Hall–Kier alpha value is -2.22. The molecule has 2 heterocycles. The molecule has 2 aromatic rings. The standard InChI is InChI=1S/C17H19N3O4S/c1-20(8-12-9-22-13-4-2-3-5-14(13)23-12)15(21)10-25-17-19-18-16(24-17)11-6-7-11/h2-5,11-12H,6-10H2,1H3/t12-/m1/s1. The van der Waals surface area contributed by atoms with Crippen molar-refractivity contribution in [1.82, 2.24) is 15.1 Å². The molecule has 0 unspecified atom stereocenters. The Morgan fingerprint density at radius 1 is 1.28 bits per heavy atom. The van der Waals surface area contributed by atoms with Crippen molar-refractivity contribution in [3.05, 3.63) is 30.2 Å². The monoisotopic (exact) mass is 361 g/mol. The molecule has 0 spiro atoms. The Kier molecular flexibility index (Phi) is 4.52. The Balaban J connectivity index is 1.26. The van der Waals surface area contributed by atoms with Crippen LogP contribution in [0, 0.1) is 0 Å². The maximum atomic E-state index is 12.3. The van der Waals surface area contributed by atoms with Gasteiger partial charge in [-0.05, 0) is 25.0 Å². The first-order valence-electron chi connectivity index (χ1n) is 8.27. The van der Waals surface area contributed by atoms with Crippen LogP contribution in [0.5, 0.6) is 11.5 Å². The van der Waals surface area contributed by atoms with Crippen LogP contribution in [0.2, 0.25) is 0 Å². The Morgan fingerprint density at radius 2 is 2.08 bits per heavy atom. The second-order valence-corrected chi connectivity index (χ2v) is 7.17. The summed E-state index contributed by atoms with van der Waals surface area (Å²) in [5.74, 6) is 2.81. The van der Waals surface area contributed by atoms with E-state index < -0.39 is 0 Å². The zero-order valence-corrected chi connectivity index (χ0v) is 14.7. The molecule has 0 bridgehead atoms. The van der Waals surface area contributed by atoms with Gasteiger partial charge >= 0.3 is 0 Å². The van der Waals surface area contributed by atoms with Crippen LogP contribution < -0.4 is 9.47 Å². The second-order valence-electron chi connectivity index (χ2n) is 6.24. The lowest BCUT2D eigenvalue weighted by Gasteiger charge is -2.29. The van der Waals surface area contributed by atoms with Crippen LogP contribution in [0.1, 0.15) is 24.7 Å². The summed E-state index contributed by atoms with van der Waals surface area (Å²) in [6.45, 7) is 0.890. The van der Waals surface area contributed by atoms with Gasteiger partial charge in [-0.25, -0.2) is 0 Å². The number of thioether (sulfide) groups is 1. The quantitative estimate of drug-likeness (QED) is 0.731. The van der Waals surface area contributed by atoms with Crippen LogP contribution in [0.3, 0.4) is 0 Å². The van der Waals surface area contributed by atoms with E-state index in [-0.39, 0.29) is 17.8 Å². The zero-order chi connectivity index (χ0) is 17.2.